The summed E-state index contributed by atoms with van der Waals surface area (Å²) in [5, 5.41) is 3.29. The molecule has 1 saturated heterocycles. The SMILES string of the molecule is O=C(OCc1ccccc1)C1C[C@H]2C[C@H]2N1. The van der Waals surface area contributed by atoms with E-state index in [2.05, 4.69) is 5.32 Å². The highest BCUT2D eigenvalue weighted by Gasteiger charge is 2.48. The van der Waals surface area contributed by atoms with Gasteiger partial charge in [0.05, 0.1) is 0 Å². The maximum atomic E-state index is 11.7. The zero-order valence-electron chi connectivity index (χ0n) is 9.06. The molecule has 0 aromatic heterocycles. The van der Waals surface area contributed by atoms with E-state index >= 15 is 0 Å². The van der Waals surface area contributed by atoms with Crippen LogP contribution in [-0.2, 0) is 16.1 Å². The second kappa shape index (κ2) is 3.91. The fourth-order valence-electron chi connectivity index (χ4n) is 2.33. The molecule has 1 N–H and O–H groups in total. The number of rotatable bonds is 3. The number of hydrogen-bond donors (Lipinski definition) is 1. The average molecular weight is 217 g/mol. The molecule has 3 atom stereocenters. The van der Waals surface area contributed by atoms with Crippen LogP contribution >= 0.6 is 0 Å². The first-order valence-corrected chi connectivity index (χ1v) is 5.79. The molecule has 2 fully saturated rings. The lowest BCUT2D eigenvalue weighted by Crippen LogP contribution is -2.35. The minimum atomic E-state index is -0.101. The Hall–Kier alpha value is -1.35. The first-order valence-electron chi connectivity index (χ1n) is 5.79. The Morgan fingerprint density at radius 1 is 1.31 bits per heavy atom. The number of esters is 1. The van der Waals surface area contributed by atoms with Gasteiger partial charge in [-0.3, -0.25) is 4.79 Å². The van der Waals surface area contributed by atoms with Crippen molar-refractivity contribution in [3.63, 3.8) is 0 Å². The third-order valence-corrected chi connectivity index (χ3v) is 3.38. The van der Waals surface area contributed by atoms with Crippen LogP contribution < -0.4 is 5.32 Å². The van der Waals surface area contributed by atoms with Gasteiger partial charge in [0.1, 0.15) is 12.6 Å². The molecule has 1 aromatic carbocycles. The molecule has 1 unspecified atom stereocenters. The number of ether oxygens (including phenoxy) is 1. The number of carbonyl (C=O) groups excluding carboxylic acids is 1. The quantitative estimate of drug-likeness (QED) is 0.779. The summed E-state index contributed by atoms with van der Waals surface area (Å²) in [5.41, 5.74) is 1.04. The molecule has 0 bridgehead atoms. The molecule has 1 aliphatic heterocycles. The first-order chi connectivity index (χ1) is 7.83. The smallest absolute Gasteiger partial charge is 0.323 e. The van der Waals surface area contributed by atoms with Crippen LogP contribution in [0.5, 0.6) is 0 Å². The third-order valence-electron chi connectivity index (χ3n) is 3.38. The fraction of sp³-hybridized carbons (Fsp3) is 0.462. The van der Waals surface area contributed by atoms with Gasteiger partial charge in [0, 0.05) is 6.04 Å². The van der Waals surface area contributed by atoms with Crippen LogP contribution in [0.25, 0.3) is 0 Å². The Bertz CT molecular complexity index is 380. The minimum absolute atomic E-state index is 0.0625. The lowest BCUT2D eigenvalue weighted by Gasteiger charge is -2.12. The molecular weight excluding hydrogens is 202 g/mol. The Balaban J connectivity index is 1.50. The fourth-order valence-corrected chi connectivity index (χ4v) is 2.33. The van der Waals surface area contributed by atoms with Gasteiger partial charge < -0.3 is 10.1 Å². The number of benzene rings is 1. The highest BCUT2D eigenvalue weighted by atomic mass is 16.5. The van der Waals surface area contributed by atoms with Crippen molar-refractivity contribution in [3.8, 4) is 0 Å². The number of piperidine rings is 1. The lowest BCUT2D eigenvalue weighted by molar-refractivity contribution is -0.147. The summed E-state index contributed by atoms with van der Waals surface area (Å²) >= 11 is 0. The van der Waals surface area contributed by atoms with Crippen molar-refractivity contribution < 1.29 is 9.53 Å². The van der Waals surface area contributed by atoms with Gasteiger partial charge in [-0.1, -0.05) is 30.3 Å². The molecule has 3 heteroatoms. The molecule has 1 aromatic rings. The van der Waals surface area contributed by atoms with Crippen molar-refractivity contribution in [2.24, 2.45) is 5.92 Å². The van der Waals surface area contributed by atoms with Crippen molar-refractivity contribution in [1.29, 1.82) is 0 Å². The average Bonchev–Trinajstić information content (AvgIpc) is 2.94. The minimum Gasteiger partial charge on any atom is -0.460 e. The highest BCUT2D eigenvalue weighted by Crippen LogP contribution is 2.40. The van der Waals surface area contributed by atoms with Crippen LogP contribution in [0.15, 0.2) is 30.3 Å². The van der Waals surface area contributed by atoms with E-state index in [4.69, 9.17) is 4.74 Å². The van der Waals surface area contributed by atoms with Crippen LogP contribution in [0.1, 0.15) is 18.4 Å². The maximum absolute atomic E-state index is 11.7. The first kappa shape index (κ1) is 9.85. The van der Waals surface area contributed by atoms with Gasteiger partial charge in [0.25, 0.3) is 0 Å². The second-order valence-corrected chi connectivity index (χ2v) is 4.65. The van der Waals surface area contributed by atoms with Crippen LogP contribution in [0.4, 0.5) is 0 Å². The van der Waals surface area contributed by atoms with Gasteiger partial charge >= 0.3 is 5.97 Å². The van der Waals surface area contributed by atoms with E-state index in [1.165, 1.54) is 6.42 Å². The number of fused-ring (bicyclic) bond motifs is 1. The Kier molecular flexibility index (Phi) is 2.40. The third kappa shape index (κ3) is 1.95. The molecule has 3 nitrogen and oxygen atoms in total. The van der Waals surface area contributed by atoms with Gasteiger partial charge in [-0.2, -0.15) is 0 Å². The molecule has 84 valence electrons. The lowest BCUT2D eigenvalue weighted by atomic mass is 10.2. The van der Waals surface area contributed by atoms with E-state index in [1.807, 2.05) is 30.3 Å². The van der Waals surface area contributed by atoms with Gasteiger partial charge in [0.15, 0.2) is 0 Å². The van der Waals surface area contributed by atoms with E-state index in [-0.39, 0.29) is 12.0 Å². The van der Waals surface area contributed by atoms with E-state index < -0.39 is 0 Å². The normalized spacial score (nSPS) is 30.9. The Labute approximate surface area is 94.8 Å². The van der Waals surface area contributed by atoms with Gasteiger partial charge in [-0.25, -0.2) is 0 Å². The van der Waals surface area contributed by atoms with Gasteiger partial charge in [-0.05, 0) is 24.3 Å². The predicted octanol–water partition coefficient (Wildman–Crippen LogP) is 1.48. The summed E-state index contributed by atoms with van der Waals surface area (Å²) in [6.45, 7) is 0.382. The largest absolute Gasteiger partial charge is 0.460 e. The van der Waals surface area contributed by atoms with Crippen molar-refractivity contribution in [1.82, 2.24) is 5.32 Å². The summed E-state index contributed by atoms with van der Waals surface area (Å²) < 4.78 is 5.28. The van der Waals surface area contributed by atoms with Crippen molar-refractivity contribution in [3.05, 3.63) is 35.9 Å². The number of nitrogens with one attached hydrogen (secondary N) is 1. The topological polar surface area (TPSA) is 38.3 Å². The molecule has 0 spiro atoms. The molecule has 0 amide bonds. The monoisotopic (exact) mass is 217 g/mol. The molecular formula is C13H15NO2. The van der Waals surface area contributed by atoms with Crippen molar-refractivity contribution in [2.45, 2.75) is 31.5 Å². The molecule has 3 rings (SSSR count). The summed E-state index contributed by atoms with van der Waals surface area (Å²) in [4.78, 5) is 11.7. The zero-order valence-corrected chi connectivity index (χ0v) is 9.06. The summed E-state index contributed by atoms with van der Waals surface area (Å²) in [7, 11) is 0. The molecule has 1 heterocycles. The highest BCUT2D eigenvalue weighted by molar-refractivity contribution is 5.76. The van der Waals surface area contributed by atoms with Gasteiger partial charge in [0.2, 0.25) is 0 Å². The molecule has 0 radical (unpaired) electrons. The summed E-state index contributed by atoms with van der Waals surface area (Å²) in [6.07, 6.45) is 2.20. The van der Waals surface area contributed by atoms with E-state index in [0.29, 0.717) is 12.6 Å². The van der Waals surface area contributed by atoms with Crippen molar-refractivity contribution in [2.75, 3.05) is 0 Å². The number of carbonyl (C=O) groups is 1. The predicted molar refractivity (Wildman–Crippen MR) is 59.7 cm³/mol. The van der Waals surface area contributed by atoms with Crippen LogP contribution in [0.3, 0.4) is 0 Å². The Morgan fingerprint density at radius 2 is 2.12 bits per heavy atom. The molecule has 2 aliphatic rings. The molecule has 1 aliphatic carbocycles. The molecule has 1 saturated carbocycles. The second-order valence-electron chi connectivity index (χ2n) is 4.65. The zero-order chi connectivity index (χ0) is 11.0. The summed E-state index contributed by atoms with van der Waals surface area (Å²) in [6, 6.07) is 10.3. The molecule has 16 heavy (non-hydrogen) atoms. The Morgan fingerprint density at radius 3 is 2.81 bits per heavy atom. The maximum Gasteiger partial charge on any atom is 0.323 e. The van der Waals surface area contributed by atoms with E-state index in [0.717, 1.165) is 17.9 Å². The van der Waals surface area contributed by atoms with Gasteiger partial charge in [-0.15, -0.1) is 0 Å². The van der Waals surface area contributed by atoms with Crippen LogP contribution in [0.2, 0.25) is 0 Å². The standard InChI is InChI=1S/C13H15NO2/c15-13(12-7-10-6-11(10)14-12)16-8-9-4-2-1-3-5-9/h1-5,10-12,14H,6-8H2/t10-,11-,12?/m1/s1. The van der Waals surface area contributed by atoms with E-state index in [1.54, 1.807) is 0 Å². The van der Waals surface area contributed by atoms with Crippen molar-refractivity contribution >= 4 is 5.97 Å². The van der Waals surface area contributed by atoms with Crippen LogP contribution in [0, 0.1) is 5.92 Å². The van der Waals surface area contributed by atoms with E-state index in [9.17, 15) is 4.79 Å². The van der Waals surface area contributed by atoms with Crippen LogP contribution in [-0.4, -0.2) is 18.1 Å². The number of hydrogen-bond acceptors (Lipinski definition) is 3. The summed E-state index contributed by atoms with van der Waals surface area (Å²) in [5.74, 6) is 0.630.